The van der Waals surface area contributed by atoms with Crippen LogP contribution in [-0.2, 0) is 0 Å². The maximum Gasteiger partial charge on any atom is 0.254 e. The highest BCUT2D eigenvalue weighted by molar-refractivity contribution is 6.36. The van der Waals surface area contributed by atoms with Crippen molar-refractivity contribution in [2.45, 2.75) is 32.2 Å². The van der Waals surface area contributed by atoms with Gasteiger partial charge in [-0.2, -0.15) is 0 Å². The van der Waals surface area contributed by atoms with Gasteiger partial charge in [0.25, 0.3) is 5.91 Å². The number of amides is 1. The molecule has 1 aromatic carbocycles. The van der Waals surface area contributed by atoms with E-state index in [9.17, 15) is 4.79 Å². The Labute approximate surface area is 123 Å². The number of likely N-dealkylation sites (tertiary alicyclic amines) is 1. The van der Waals surface area contributed by atoms with Gasteiger partial charge in [0.2, 0.25) is 0 Å². The summed E-state index contributed by atoms with van der Waals surface area (Å²) >= 11 is 12.1. The lowest BCUT2D eigenvalue weighted by Crippen LogP contribution is -2.36. The summed E-state index contributed by atoms with van der Waals surface area (Å²) in [6.45, 7) is 2.65. The molecule has 3 nitrogen and oxygen atoms in total. The Hall–Kier alpha value is -0.770. The fourth-order valence-electron chi connectivity index (χ4n) is 2.49. The minimum atomic E-state index is -0.0558. The first-order chi connectivity index (χ1) is 9.04. The van der Waals surface area contributed by atoms with Gasteiger partial charge in [0.05, 0.1) is 0 Å². The van der Waals surface area contributed by atoms with E-state index in [4.69, 9.17) is 28.3 Å². The first-order valence-electron chi connectivity index (χ1n) is 6.42. The summed E-state index contributed by atoms with van der Waals surface area (Å²) in [6.07, 6.45) is 2.54. The van der Waals surface area contributed by atoms with Gasteiger partial charge < -0.3 is 10.0 Å². The summed E-state index contributed by atoms with van der Waals surface area (Å²) in [5.74, 6) is -0.0558. The molecule has 1 aromatic rings. The zero-order valence-electron chi connectivity index (χ0n) is 10.8. The van der Waals surface area contributed by atoms with Crippen LogP contribution in [0, 0.1) is 6.92 Å². The highest BCUT2D eigenvalue weighted by Crippen LogP contribution is 2.28. The lowest BCUT2D eigenvalue weighted by Gasteiger charge is -2.24. The van der Waals surface area contributed by atoms with Crippen LogP contribution in [0.15, 0.2) is 12.1 Å². The van der Waals surface area contributed by atoms with Gasteiger partial charge in [-0.05, 0) is 43.9 Å². The number of benzene rings is 1. The second-order valence-corrected chi connectivity index (χ2v) is 5.69. The zero-order valence-corrected chi connectivity index (χ0v) is 12.3. The first-order valence-corrected chi connectivity index (χ1v) is 7.17. The third kappa shape index (κ3) is 3.04. The van der Waals surface area contributed by atoms with E-state index < -0.39 is 0 Å². The predicted octanol–water partition coefficient (Wildman–Crippen LogP) is 3.29. The molecule has 0 spiro atoms. The molecule has 0 unspecified atom stereocenters. The van der Waals surface area contributed by atoms with E-state index in [-0.39, 0.29) is 18.6 Å². The van der Waals surface area contributed by atoms with Crippen LogP contribution in [0.5, 0.6) is 0 Å². The molecule has 0 aromatic heterocycles. The molecule has 1 atom stereocenters. The highest BCUT2D eigenvalue weighted by Gasteiger charge is 2.29. The van der Waals surface area contributed by atoms with Gasteiger partial charge in [0.15, 0.2) is 0 Å². The number of rotatable bonds is 3. The molecule has 0 saturated carbocycles. The van der Waals surface area contributed by atoms with E-state index in [0.29, 0.717) is 22.0 Å². The molecule has 0 bridgehead atoms. The average Bonchev–Trinajstić information content (AvgIpc) is 2.83. The fourth-order valence-corrected chi connectivity index (χ4v) is 2.97. The van der Waals surface area contributed by atoms with Crippen molar-refractivity contribution in [2.24, 2.45) is 0 Å². The monoisotopic (exact) mass is 301 g/mol. The number of hydrogen-bond acceptors (Lipinski definition) is 2. The molecule has 104 valence electrons. The minimum absolute atomic E-state index is 0.0558. The lowest BCUT2D eigenvalue weighted by atomic mass is 10.1. The number of nitrogens with zero attached hydrogens (tertiary/aromatic N) is 1. The Morgan fingerprint density at radius 1 is 1.42 bits per heavy atom. The number of aliphatic hydroxyl groups excluding tert-OH is 1. The summed E-state index contributed by atoms with van der Waals surface area (Å²) in [4.78, 5) is 14.3. The summed E-state index contributed by atoms with van der Waals surface area (Å²) in [6, 6.07) is 3.45. The highest BCUT2D eigenvalue weighted by atomic mass is 35.5. The summed E-state index contributed by atoms with van der Waals surface area (Å²) in [5.41, 5.74) is 1.30. The van der Waals surface area contributed by atoms with Crippen LogP contribution in [0.2, 0.25) is 10.0 Å². The van der Waals surface area contributed by atoms with Crippen LogP contribution in [0.4, 0.5) is 0 Å². The Kier molecular flexibility index (Phi) is 4.71. The van der Waals surface area contributed by atoms with Crippen LogP contribution < -0.4 is 0 Å². The Morgan fingerprint density at radius 2 is 2.05 bits per heavy atom. The third-order valence-corrected chi connectivity index (χ3v) is 4.41. The fraction of sp³-hybridized carbons (Fsp3) is 0.500. The van der Waals surface area contributed by atoms with Crippen molar-refractivity contribution in [1.82, 2.24) is 4.90 Å². The SMILES string of the molecule is Cc1c(Cl)cc(C(=O)N2CCC[C@@H]2CCO)cc1Cl. The van der Waals surface area contributed by atoms with Crippen molar-refractivity contribution in [3.8, 4) is 0 Å². The van der Waals surface area contributed by atoms with Crippen molar-refractivity contribution < 1.29 is 9.90 Å². The van der Waals surface area contributed by atoms with Crippen LogP contribution >= 0.6 is 23.2 Å². The van der Waals surface area contributed by atoms with Crippen molar-refractivity contribution in [3.63, 3.8) is 0 Å². The molecule has 2 rings (SSSR count). The van der Waals surface area contributed by atoms with Crippen molar-refractivity contribution in [2.75, 3.05) is 13.2 Å². The standard InChI is InChI=1S/C14H17Cl2NO2/c1-9-12(15)7-10(8-13(9)16)14(19)17-5-2-3-11(17)4-6-18/h7-8,11,18H,2-6H2,1H3/t11-/m1/s1. The molecule has 5 heteroatoms. The Bertz CT molecular complexity index is 467. The second kappa shape index (κ2) is 6.12. The third-order valence-electron chi connectivity index (χ3n) is 3.63. The summed E-state index contributed by atoms with van der Waals surface area (Å²) in [7, 11) is 0. The molecule has 19 heavy (non-hydrogen) atoms. The average molecular weight is 302 g/mol. The number of aliphatic hydroxyl groups is 1. The minimum Gasteiger partial charge on any atom is -0.396 e. The molecule has 1 aliphatic rings. The molecular formula is C14H17Cl2NO2. The van der Waals surface area contributed by atoms with E-state index in [1.54, 1.807) is 12.1 Å². The number of carbonyl (C=O) groups excluding carboxylic acids is 1. The van der Waals surface area contributed by atoms with Crippen LogP contribution in [0.25, 0.3) is 0 Å². The van der Waals surface area contributed by atoms with E-state index >= 15 is 0 Å². The van der Waals surface area contributed by atoms with Gasteiger partial charge in [-0.15, -0.1) is 0 Å². The normalized spacial score (nSPS) is 18.9. The molecule has 0 aliphatic carbocycles. The van der Waals surface area contributed by atoms with Crippen LogP contribution in [0.1, 0.15) is 35.2 Å². The van der Waals surface area contributed by atoms with Gasteiger partial charge in [0, 0.05) is 34.8 Å². The second-order valence-electron chi connectivity index (χ2n) is 4.87. The van der Waals surface area contributed by atoms with Gasteiger partial charge in [-0.1, -0.05) is 23.2 Å². The van der Waals surface area contributed by atoms with Gasteiger partial charge >= 0.3 is 0 Å². The predicted molar refractivity (Wildman–Crippen MR) is 77.0 cm³/mol. The summed E-state index contributed by atoms with van der Waals surface area (Å²) in [5, 5.41) is 10.1. The Balaban J connectivity index is 2.24. The maximum atomic E-state index is 12.5. The molecule has 1 N–H and O–H groups in total. The largest absolute Gasteiger partial charge is 0.396 e. The lowest BCUT2D eigenvalue weighted by molar-refractivity contribution is 0.0716. The van der Waals surface area contributed by atoms with E-state index in [1.165, 1.54) is 0 Å². The topological polar surface area (TPSA) is 40.5 Å². The maximum absolute atomic E-state index is 12.5. The molecule has 1 heterocycles. The van der Waals surface area contributed by atoms with Gasteiger partial charge in [-0.25, -0.2) is 0 Å². The number of halogens is 2. The quantitative estimate of drug-likeness (QED) is 0.931. The van der Waals surface area contributed by atoms with Gasteiger partial charge in [0.1, 0.15) is 0 Å². The smallest absolute Gasteiger partial charge is 0.254 e. The van der Waals surface area contributed by atoms with Crippen molar-refractivity contribution in [3.05, 3.63) is 33.3 Å². The molecule has 1 amide bonds. The van der Waals surface area contributed by atoms with Crippen LogP contribution in [0.3, 0.4) is 0 Å². The molecule has 1 aliphatic heterocycles. The molecule has 1 saturated heterocycles. The van der Waals surface area contributed by atoms with E-state index in [1.807, 2.05) is 11.8 Å². The zero-order chi connectivity index (χ0) is 14.0. The number of hydrogen-bond donors (Lipinski definition) is 1. The van der Waals surface area contributed by atoms with Gasteiger partial charge in [-0.3, -0.25) is 4.79 Å². The number of carbonyl (C=O) groups is 1. The van der Waals surface area contributed by atoms with E-state index in [2.05, 4.69) is 0 Å². The molecule has 1 fully saturated rings. The van der Waals surface area contributed by atoms with E-state index in [0.717, 1.165) is 24.9 Å². The molecular weight excluding hydrogens is 285 g/mol. The van der Waals surface area contributed by atoms with Crippen LogP contribution in [-0.4, -0.2) is 35.1 Å². The van der Waals surface area contributed by atoms with Crippen molar-refractivity contribution in [1.29, 1.82) is 0 Å². The first kappa shape index (κ1) is 14.6. The summed E-state index contributed by atoms with van der Waals surface area (Å²) < 4.78 is 0. The Morgan fingerprint density at radius 3 is 2.63 bits per heavy atom. The van der Waals surface area contributed by atoms with Crippen molar-refractivity contribution >= 4 is 29.1 Å². The molecule has 0 radical (unpaired) electrons.